The zero-order valence-corrected chi connectivity index (χ0v) is 20.0. The van der Waals surface area contributed by atoms with E-state index in [-0.39, 0.29) is 17.2 Å². The number of thioether (sulfide) groups is 1. The Kier molecular flexibility index (Phi) is 6.64. The minimum Gasteiger partial charge on any atom is -0.334 e. The molecule has 0 atom stereocenters. The Hall–Kier alpha value is -3.89. The smallest absolute Gasteiger partial charge is 0.262 e. The molecule has 0 saturated carbocycles. The fourth-order valence-electron chi connectivity index (χ4n) is 4.48. The lowest BCUT2D eigenvalue weighted by molar-refractivity contribution is 0.0735. The molecular weight excluding hydrogens is 456 g/mol. The molecule has 0 saturated heterocycles. The summed E-state index contributed by atoms with van der Waals surface area (Å²) in [5, 5.41) is 10.1. The van der Waals surface area contributed by atoms with Gasteiger partial charge in [-0.05, 0) is 47.7 Å². The minimum absolute atomic E-state index is 0.0670. The van der Waals surface area contributed by atoms with Gasteiger partial charge in [-0.2, -0.15) is 5.26 Å². The molecule has 2 heterocycles. The van der Waals surface area contributed by atoms with Crippen LogP contribution in [0.1, 0.15) is 27.0 Å². The van der Waals surface area contributed by atoms with E-state index in [1.54, 1.807) is 22.8 Å². The summed E-state index contributed by atoms with van der Waals surface area (Å²) in [5.74, 6) is 0.123. The summed E-state index contributed by atoms with van der Waals surface area (Å²) in [6.07, 6.45) is 1.51. The molecule has 0 fully saturated rings. The number of hydrogen-bond acceptors (Lipinski definition) is 5. The summed E-state index contributed by atoms with van der Waals surface area (Å²) in [6.45, 7) is 1.70. The number of nitriles is 1. The molecule has 1 aliphatic rings. The maximum Gasteiger partial charge on any atom is 0.262 e. The van der Waals surface area contributed by atoms with Gasteiger partial charge >= 0.3 is 0 Å². The van der Waals surface area contributed by atoms with Gasteiger partial charge in [0.2, 0.25) is 0 Å². The molecule has 0 radical (unpaired) electrons. The van der Waals surface area contributed by atoms with Crippen molar-refractivity contribution < 1.29 is 4.79 Å². The van der Waals surface area contributed by atoms with Crippen LogP contribution in [-0.2, 0) is 25.9 Å². The molecule has 3 aromatic carbocycles. The van der Waals surface area contributed by atoms with Crippen LogP contribution in [0.3, 0.4) is 0 Å². The van der Waals surface area contributed by atoms with Crippen molar-refractivity contribution in [3.8, 4) is 6.07 Å². The Bertz CT molecular complexity index is 1490. The number of carbonyl (C=O) groups excluding carboxylic acids is 1. The third-order valence-corrected chi connectivity index (χ3v) is 7.16. The largest absolute Gasteiger partial charge is 0.334 e. The van der Waals surface area contributed by atoms with Gasteiger partial charge < -0.3 is 4.90 Å². The van der Waals surface area contributed by atoms with Crippen molar-refractivity contribution in [3.63, 3.8) is 0 Å². The molecule has 0 aliphatic carbocycles. The van der Waals surface area contributed by atoms with Gasteiger partial charge in [-0.3, -0.25) is 14.2 Å². The van der Waals surface area contributed by atoms with Crippen molar-refractivity contribution >= 4 is 28.6 Å². The van der Waals surface area contributed by atoms with E-state index in [1.807, 2.05) is 47.4 Å². The van der Waals surface area contributed by atoms with Crippen molar-refractivity contribution in [2.75, 3.05) is 12.3 Å². The Morgan fingerprint density at radius 2 is 1.80 bits per heavy atom. The van der Waals surface area contributed by atoms with E-state index in [0.29, 0.717) is 47.7 Å². The second-order valence-corrected chi connectivity index (χ2v) is 9.45. The van der Waals surface area contributed by atoms with Crippen LogP contribution in [-0.4, -0.2) is 32.7 Å². The van der Waals surface area contributed by atoms with Crippen LogP contribution >= 0.6 is 11.8 Å². The third kappa shape index (κ3) is 4.84. The fourth-order valence-corrected chi connectivity index (χ4v) is 5.16. The summed E-state index contributed by atoms with van der Waals surface area (Å²) >= 11 is 1.24. The molecule has 174 valence electrons. The van der Waals surface area contributed by atoms with Crippen LogP contribution in [0.2, 0.25) is 0 Å². The first-order valence-electron chi connectivity index (χ1n) is 11.6. The molecule has 5 rings (SSSR count). The topological polar surface area (TPSA) is 79.0 Å². The normalized spacial score (nSPS) is 12.8. The van der Waals surface area contributed by atoms with Crippen molar-refractivity contribution in [3.05, 3.63) is 105 Å². The predicted molar refractivity (Wildman–Crippen MR) is 137 cm³/mol. The van der Waals surface area contributed by atoms with Gasteiger partial charge in [0.05, 0.1) is 22.7 Å². The highest BCUT2D eigenvalue weighted by Crippen LogP contribution is 2.23. The molecule has 6 nitrogen and oxygen atoms in total. The summed E-state index contributed by atoms with van der Waals surface area (Å²) in [7, 11) is 0. The number of benzene rings is 3. The highest BCUT2D eigenvalue weighted by molar-refractivity contribution is 7.99. The minimum atomic E-state index is -0.155. The highest BCUT2D eigenvalue weighted by Gasteiger charge is 2.22. The van der Waals surface area contributed by atoms with Gasteiger partial charge in [0, 0.05) is 25.2 Å². The molecule has 0 bridgehead atoms. The lowest BCUT2D eigenvalue weighted by Crippen LogP contribution is -2.36. The average molecular weight is 481 g/mol. The summed E-state index contributed by atoms with van der Waals surface area (Å²) in [5.41, 5.74) is 4.42. The van der Waals surface area contributed by atoms with Crippen LogP contribution < -0.4 is 5.56 Å². The van der Waals surface area contributed by atoms with Gasteiger partial charge in [0.25, 0.3) is 11.5 Å². The number of carbonyl (C=O) groups is 1. The lowest BCUT2D eigenvalue weighted by atomic mass is 9.99. The number of aryl methyl sites for hydroxylation is 1. The SMILES string of the molecule is N#CCSc1nc2cc(C(=O)N3CCc4ccccc4C3)ccc2c(=O)n1CCc1ccccc1. The molecule has 7 heteroatoms. The zero-order valence-electron chi connectivity index (χ0n) is 19.2. The van der Waals surface area contributed by atoms with Crippen molar-refractivity contribution in [2.24, 2.45) is 0 Å². The zero-order chi connectivity index (χ0) is 24.2. The van der Waals surface area contributed by atoms with E-state index in [2.05, 4.69) is 18.2 Å². The molecule has 4 aromatic rings. The van der Waals surface area contributed by atoms with E-state index < -0.39 is 0 Å². The molecule has 0 spiro atoms. The first-order valence-corrected chi connectivity index (χ1v) is 12.6. The van der Waals surface area contributed by atoms with Crippen LogP contribution in [0.5, 0.6) is 0 Å². The van der Waals surface area contributed by atoms with Crippen molar-refractivity contribution in [1.29, 1.82) is 5.26 Å². The van der Waals surface area contributed by atoms with E-state index in [4.69, 9.17) is 10.2 Å². The van der Waals surface area contributed by atoms with Gasteiger partial charge in [-0.1, -0.05) is 66.4 Å². The van der Waals surface area contributed by atoms with Gasteiger partial charge in [-0.25, -0.2) is 4.98 Å². The van der Waals surface area contributed by atoms with E-state index >= 15 is 0 Å². The maximum absolute atomic E-state index is 13.4. The highest BCUT2D eigenvalue weighted by atomic mass is 32.2. The number of rotatable bonds is 6. The second kappa shape index (κ2) is 10.2. The summed E-state index contributed by atoms with van der Waals surface area (Å²) < 4.78 is 1.64. The van der Waals surface area contributed by atoms with E-state index in [9.17, 15) is 9.59 Å². The van der Waals surface area contributed by atoms with Crippen LogP contribution in [0, 0.1) is 11.3 Å². The van der Waals surface area contributed by atoms with E-state index in [0.717, 1.165) is 12.0 Å². The molecule has 0 unspecified atom stereocenters. The molecule has 0 N–H and O–H groups in total. The lowest BCUT2D eigenvalue weighted by Gasteiger charge is -2.29. The molecule has 1 aromatic heterocycles. The Labute approximate surface area is 207 Å². The molecule has 1 amide bonds. The average Bonchev–Trinajstić information content (AvgIpc) is 2.91. The fraction of sp³-hybridized carbons (Fsp3) is 0.214. The Morgan fingerprint density at radius 1 is 1.03 bits per heavy atom. The van der Waals surface area contributed by atoms with Crippen LogP contribution in [0.4, 0.5) is 0 Å². The number of nitrogens with zero attached hydrogens (tertiary/aromatic N) is 4. The number of amides is 1. The summed E-state index contributed by atoms with van der Waals surface area (Å²) in [6, 6.07) is 25.4. The third-order valence-electron chi connectivity index (χ3n) is 6.32. The second-order valence-electron chi connectivity index (χ2n) is 8.51. The summed E-state index contributed by atoms with van der Waals surface area (Å²) in [4.78, 5) is 33.2. The van der Waals surface area contributed by atoms with Gasteiger partial charge in [-0.15, -0.1) is 0 Å². The predicted octanol–water partition coefficient (Wildman–Crippen LogP) is 4.45. The monoisotopic (exact) mass is 480 g/mol. The first-order chi connectivity index (χ1) is 17.1. The first kappa shape index (κ1) is 22.9. The Balaban J connectivity index is 1.46. The van der Waals surface area contributed by atoms with Crippen LogP contribution in [0.25, 0.3) is 10.9 Å². The van der Waals surface area contributed by atoms with Crippen molar-refractivity contribution in [2.45, 2.75) is 31.1 Å². The maximum atomic E-state index is 13.4. The molecular formula is C28H24N4O2S. The number of aromatic nitrogens is 2. The molecule has 1 aliphatic heterocycles. The van der Waals surface area contributed by atoms with Gasteiger partial charge in [0.1, 0.15) is 0 Å². The van der Waals surface area contributed by atoms with Crippen LogP contribution in [0.15, 0.2) is 82.7 Å². The van der Waals surface area contributed by atoms with Gasteiger partial charge in [0.15, 0.2) is 5.16 Å². The quantitative estimate of drug-likeness (QED) is 0.301. The van der Waals surface area contributed by atoms with Crippen molar-refractivity contribution in [1.82, 2.24) is 14.5 Å². The van der Waals surface area contributed by atoms with E-state index in [1.165, 1.54) is 22.9 Å². The number of hydrogen-bond donors (Lipinski definition) is 0. The standard InChI is InChI=1S/C28H24N4O2S/c29-14-17-35-28-30-25-18-22(26(33)31-15-13-21-8-4-5-9-23(21)19-31)10-11-24(25)27(34)32(28)16-12-20-6-2-1-3-7-20/h1-11,18H,12-13,15-17,19H2. The number of fused-ring (bicyclic) bond motifs is 2. The Morgan fingerprint density at radius 3 is 2.60 bits per heavy atom. The molecule has 35 heavy (non-hydrogen) atoms.